The fraction of sp³-hybridized carbons (Fsp3) is 0.545. The molecule has 0 radical (unpaired) electrons. The average Bonchev–Trinajstić information content (AvgIpc) is 2.74. The number of nitrogens with one attached hydrogen (secondary N) is 1. The van der Waals surface area contributed by atoms with E-state index in [-0.39, 0.29) is 5.84 Å². The first-order valence-corrected chi connectivity index (χ1v) is 6.17. The molecule has 0 aliphatic heterocycles. The van der Waals surface area contributed by atoms with E-state index in [4.69, 9.17) is 15.9 Å². The van der Waals surface area contributed by atoms with Crippen molar-refractivity contribution in [3.05, 3.63) is 22.4 Å². The zero-order valence-electron chi connectivity index (χ0n) is 9.61. The summed E-state index contributed by atoms with van der Waals surface area (Å²) in [5, 5.41) is 9.32. The molecule has 5 heteroatoms. The van der Waals surface area contributed by atoms with Gasteiger partial charge < -0.3 is 10.5 Å². The van der Waals surface area contributed by atoms with E-state index >= 15 is 0 Å². The smallest absolute Gasteiger partial charge is 0.0918 e. The molecule has 0 aliphatic carbocycles. The molecule has 0 amide bonds. The summed E-state index contributed by atoms with van der Waals surface area (Å²) < 4.78 is 5.08. The second kappa shape index (κ2) is 7.38. The van der Waals surface area contributed by atoms with Gasteiger partial charge >= 0.3 is 0 Å². The van der Waals surface area contributed by atoms with Crippen molar-refractivity contribution in [2.24, 2.45) is 5.73 Å². The Morgan fingerprint density at radius 1 is 1.56 bits per heavy atom. The highest BCUT2D eigenvalue weighted by atomic mass is 32.1. The lowest BCUT2D eigenvalue weighted by atomic mass is 10.3. The molecule has 0 spiro atoms. The average molecular weight is 241 g/mol. The highest BCUT2D eigenvalue weighted by molar-refractivity contribution is 7.09. The fourth-order valence-corrected chi connectivity index (χ4v) is 2.14. The minimum Gasteiger partial charge on any atom is -0.388 e. The summed E-state index contributed by atoms with van der Waals surface area (Å²) in [6.07, 6.45) is 0.620. The molecule has 90 valence electrons. The van der Waals surface area contributed by atoms with E-state index in [1.165, 1.54) is 4.88 Å². The number of nitrogens with two attached hydrogens (primary N) is 1. The molecule has 0 aliphatic rings. The van der Waals surface area contributed by atoms with Gasteiger partial charge in [0.05, 0.1) is 12.4 Å². The molecule has 0 saturated heterocycles. The maximum absolute atomic E-state index is 7.24. The zero-order chi connectivity index (χ0) is 11.8. The van der Waals surface area contributed by atoms with E-state index in [1.54, 1.807) is 18.4 Å². The van der Waals surface area contributed by atoms with Gasteiger partial charge in [0.2, 0.25) is 0 Å². The summed E-state index contributed by atoms with van der Waals surface area (Å²) in [7, 11) is 1.70. The molecule has 1 heterocycles. The molecule has 4 nitrogen and oxygen atoms in total. The minimum absolute atomic E-state index is 0.244. The maximum atomic E-state index is 7.24. The van der Waals surface area contributed by atoms with E-state index in [9.17, 15) is 0 Å². The van der Waals surface area contributed by atoms with Crippen LogP contribution in [0.5, 0.6) is 0 Å². The van der Waals surface area contributed by atoms with Crippen molar-refractivity contribution >= 4 is 17.2 Å². The third-order valence-electron chi connectivity index (χ3n) is 2.27. The standard InChI is InChI=1S/C11H19N3OS/c1-15-7-6-14(5-4-11(12)13)9-10-3-2-8-16-10/h2-3,8H,4-7,9H2,1H3,(H3,12,13). The number of nitrogens with zero attached hydrogens (tertiary/aromatic N) is 1. The zero-order valence-corrected chi connectivity index (χ0v) is 10.4. The Kier molecular flexibility index (Phi) is 6.07. The van der Waals surface area contributed by atoms with Gasteiger partial charge in [0.15, 0.2) is 0 Å². The Bertz CT molecular complexity index is 300. The molecule has 0 atom stereocenters. The van der Waals surface area contributed by atoms with Gasteiger partial charge in [-0.3, -0.25) is 10.3 Å². The Labute approximate surface area is 101 Å². The van der Waals surface area contributed by atoms with Gasteiger partial charge in [0.1, 0.15) is 0 Å². The van der Waals surface area contributed by atoms with Crippen molar-refractivity contribution in [1.29, 1.82) is 5.41 Å². The van der Waals surface area contributed by atoms with Crippen LogP contribution in [0.15, 0.2) is 17.5 Å². The molecule has 16 heavy (non-hydrogen) atoms. The van der Waals surface area contributed by atoms with Crippen molar-refractivity contribution in [3.63, 3.8) is 0 Å². The topological polar surface area (TPSA) is 62.3 Å². The van der Waals surface area contributed by atoms with Gasteiger partial charge in [-0.1, -0.05) is 6.07 Å². The normalized spacial score (nSPS) is 10.9. The number of methoxy groups -OCH3 is 1. The lowest BCUT2D eigenvalue weighted by Crippen LogP contribution is -2.30. The van der Waals surface area contributed by atoms with E-state index in [2.05, 4.69) is 22.4 Å². The van der Waals surface area contributed by atoms with Gasteiger partial charge in [0.25, 0.3) is 0 Å². The summed E-state index contributed by atoms with van der Waals surface area (Å²) in [4.78, 5) is 3.59. The number of hydrogen-bond donors (Lipinski definition) is 2. The molecule has 0 bridgehead atoms. The molecule has 1 aromatic rings. The monoisotopic (exact) mass is 241 g/mol. The maximum Gasteiger partial charge on any atom is 0.0918 e. The summed E-state index contributed by atoms with van der Waals surface area (Å²) in [6.45, 7) is 3.32. The number of rotatable bonds is 8. The van der Waals surface area contributed by atoms with Gasteiger partial charge in [-0.05, 0) is 11.4 Å². The summed E-state index contributed by atoms with van der Waals surface area (Å²) in [5.41, 5.74) is 5.37. The van der Waals surface area contributed by atoms with Gasteiger partial charge in [-0.15, -0.1) is 11.3 Å². The van der Waals surface area contributed by atoms with Crippen LogP contribution in [0.4, 0.5) is 0 Å². The van der Waals surface area contributed by atoms with E-state index in [0.29, 0.717) is 13.0 Å². The molecular formula is C11H19N3OS. The Balaban J connectivity index is 2.39. The number of ether oxygens (including phenoxy) is 1. The quantitative estimate of drug-likeness (QED) is 0.536. The Morgan fingerprint density at radius 2 is 2.38 bits per heavy atom. The Morgan fingerprint density at radius 3 is 2.94 bits per heavy atom. The van der Waals surface area contributed by atoms with Crippen molar-refractivity contribution in [3.8, 4) is 0 Å². The fourth-order valence-electron chi connectivity index (χ4n) is 1.39. The molecule has 1 rings (SSSR count). The van der Waals surface area contributed by atoms with Crippen LogP contribution in [0.1, 0.15) is 11.3 Å². The van der Waals surface area contributed by atoms with Crippen molar-refractivity contribution in [2.75, 3.05) is 26.8 Å². The highest BCUT2D eigenvalue weighted by Gasteiger charge is 2.06. The SMILES string of the molecule is COCCN(CCC(=N)N)Cc1cccs1. The minimum atomic E-state index is 0.244. The highest BCUT2D eigenvalue weighted by Crippen LogP contribution is 2.11. The molecule has 0 unspecified atom stereocenters. The van der Waals surface area contributed by atoms with Crippen LogP contribution in [0, 0.1) is 5.41 Å². The second-order valence-electron chi connectivity index (χ2n) is 3.62. The van der Waals surface area contributed by atoms with Gasteiger partial charge in [0, 0.05) is 38.0 Å². The molecule has 0 saturated carbocycles. The van der Waals surface area contributed by atoms with Crippen molar-refractivity contribution in [1.82, 2.24) is 4.90 Å². The summed E-state index contributed by atoms with van der Waals surface area (Å²) >= 11 is 1.75. The predicted octanol–water partition coefficient (Wildman–Crippen LogP) is 1.52. The van der Waals surface area contributed by atoms with E-state index in [0.717, 1.165) is 19.6 Å². The first kappa shape index (κ1) is 13.2. The van der Waals surface area contributed by atoms with Crippen LogP contribution in [0.25, 0.3) is 0 Å². The molecular weight excluding hydrogens is 222 g/mol. The lowest BCUT2D eigenvalue weighted by Gasteiger charge is -2.20. The molecule has 0 aromatic carbocycles. The third-order valence-corrected chi connectivity index (χ3v) is 3.13. The second-order valence-corrected chi connectivity index (χ2v) is 4.66. The Hall–Kier alpha value is -0.910. The first-order valence-electron chi connectivity index (χ1n) is 5.29. The van der Waals surface area contributed by atoms with Crippen LogP contribution in [-0.2, 0) is 11.3 Å². The summed E-state index contributed by atoms with van der Waals surface area (Å²) in [6, 6.07) is 4.18. The van der Waals surface area contributed by atoms with Crippen LogP contribution in [0.2, 0.25) is 0 Å². The van der Waals surface area contributed by atoms with Crippen molar-refractivity contribution < 1.29 is 4.74 Å². The van der Waals surface area contributed by atoms with Crippen molar-refractivity contribution in [2.45, 2.75) is 13.0 Å². The van der Waals surface area contributed by atoms with Crippen LogP contribution >= 0.6 is 11.3 Å². The molecule has 1 aromatic heterocycles. The first-order chi connectivity index (χ1) is 7.72. The van der Waals surface area contributed by atoms with E-state index < -0.39 is 0 Å². The summed E-state index contributed by atoms with van der Waals surface area (Å²) in [5.74, 6) is 0.244. The van der Waals surface area contributed by atoms with Gasteiger partial charge in [-0.25, -0.2) is 0 Å². The predicted molar refractivity (Wildman–Crippen MR) is 68.0 cm³/mol. The number of amidine groups is 1. The largest absolute Gasteiger partial charge is 0.388 e. The van der Waals surface area contributed by atoms with Crippen LogP contribution < -0.4 is 5.73 Å². The van der Waals surface area contributed by atoms with Crippen LogP contribution in [0.3, 0.4) is 0 Å². The molecule has 3 N–H and O–H groups in total. The molecule has 0 fully saturated rings. The number of thiophene rings is 1. The van der Waals surface area contributed by atoms with Gasteiger partial charge in [-0.2, -0.15) is 0 Å². The number of hydrogen-bond acceptors (Lipinski definition) is 4. The van der Waals surface area contributed by atoms with E-state index in [1.807, 2.05) is 0 Å². The lowest BCUT2D eigenvalue weighted by molar-refractivity contribution is 0.146. The van der Waals surface area contributed by atoms with Crippen LogP contribution in [-0.4, -0.2) is 37.5 Å². The third kappa shape index (κ3) is 5.25.